The number of rotatable bonds is 6. The Morgan fingerprint density at radius 3 is 2.94 bits per heavy atom. The molecule has 3 aromatic heterocycles. The number of aromatic nitrogens is 4. The van der Waals surface area contributed by atoms with Gasteiger partial charge in [0.15, 0.2) is 17.5 Å². The minimum Gasteiger partial charge on any atom is -0.388 e. The molecule has 0 saturated carbocycles. The predicted octanol–water partition coefficient (Wildman–Crippen LogP) is 2.19. The van der Waals surface area contributed by atoms with Crippen LogP contribution < -0.4 is 26.6 Å². The number of aliphatic hydroxyl groups excluding tert-OH is 1. The Labute approximate surface area is 195 Å². The van der Waals surface area contributed by atoms with Crippen molar-refractivity contribution >= 4 is 39.9 Å². The highest BCUT2D eigenvalue weighted by atomic mass is 16.5. The van der Waals surface area contributed by atoms with E-state index >= 15 is 0 Å². The molecule has 34 heavy (non-hydrogen) atoms. The molecule has 1 aromatic carbocycles. The molecule has 11 nitrogen and oxygen atoms in total. The molecule has 0 bridgehead atoms. The van der Waals surface area contributed by atoms with Gasteiger partial charge in [0.1, 0.15) is 5.82 Å². The number of benzene rings is 1. The molecule has 5 N–H and O–H groups in total. The van der Waals surface area contributed by atoms with Gasteiger partial charge in [-0.1, -0.05) is 12.1 Å². The fourth-order valence-corrected chi connectivity index (χ4v) is 4.02. The normalized spacial score (nSPS) is 19.1. The summed E-state index contributed by atoms with van der Waals surface area (Å²) in [4.78, 5) is 18.0. The SMILES string of the molecule is OC1COCC1Nc1ccnc(Nc2cnc3c(n2)N(Cc2ccc4ncccc4c2)NN3)c1. The van der Waals surface area contributed by atoms with Crippen LogP contribution in [0.15, 0.2) is 61.1 Å². The highest BCUT2D eigenvalue weighted by molar-refractivity contribution is 5.79. The number of aliphatic hydroxyl groups is 1. The Balaban J connectivity index is 1.18. The van der Waals surface area contributed by atoms with Crippen molar-refractivity contribution in [3.05, 3.63) is 66.6 Å². The van der Waals surface area contributed by atoms with Gasteiger partial charge in [0.05, 0.1) is 43.6 Å². The lowest BCUT2D eigenvalue weighted by atomic mass is 10.1. The molecular weight excluding hydrogens is 434 g/mol. The Morgan fingerprint density at radius 2 is 2.03 bits per heavy atom. The smallest absolute Gasteiger partial charge is 0.191 e. The van der Waals surface area contributed by atoms with Gasteiger partial charge in [-0.25, -0.2) is 15.0 Å². The third kappa shape index (κ3) is 4.15. The van der Waals surface area contributed by atoms with Crippen LogP contribution in [0, 0.1) is 0 Å². The maximum Gasteiger partial charge on any atom is 0.191 e. The van der Waals surface area contributed by atoms with Gasteiger partial charge in [0, 0.05) is 29.5 Å². The maximum atomic E-state index is 9.97. The molecule has 2 unspecified atom stereocenters. The van der Waals surface area contributed by atoms with Crippen molar-refractivity contribution in [2.75, 3.05) is 34.3 Å². The molecule has 2 aliphatic heterocycles. The first kappa shape index (κ1) is 20.5. The summed E-state index contributed by atoms with van der Waals surface area (Å²) in [6, 6.07) is 13.7. The van der Waals surface area contributed by atoms with E-state index in [-0.39, 0.29) is 6.04 Å². The molecule has 4 aromatic rings. The second kappa shape index (κ2) is 8.71. The summed E-state index contributed by atoms with van der Waals surface area (Å²) in [5, 5.41) is 19.5. The van der Waals surface area contributed by atoms with E-state index in [4.69, 9.17) is 9.72 Å². The van der Waals surface area contributed by atoms with Crippen molar-refractivity contribution < 1.29 is 9.84 Å². The quantitative estimate of drug-likeness (QED) is 0.292. The van der Waals surface area contributed by atoms with Crippen LogP contribution in [0.1, 0.15) is 5.56 Å². The van der Waals surface area contributed by atoms with E-state index < -0.39 is 6.10 Å². The third-order valence-corrected chi connectivity index (χ3v) is 5.75. The van der Waals surface area contributed by atoms with E-state index in [2.05, 4.69) is 48.7 Å². The number of hydrogen-bond donors (Lipinski definition) is 5. The summed E-state index contributed by atoms with van der Waals surface area (Å²) < 4.78 is 5.30. The van der Waals surface area contributed by atoms with E-state index in [0.717, 1.165) is 22.2 Å². The first-order valence-electron chi connectivity index (χ1n) is 11.0. The second-order valence-corrected chi connectivity index (χ2v) is 8.19. The van der Waals surface area contributed by atoms with E-state index in [1.54, 1.807) is 18.6 Å². The molecule has 5 heterocycles. The van der Waals surface area contributed by atoms with Gasteiger partial charge in [-0.05, 0) is 29.8 Å². The fourth-order valence-electron chi connectivity index (χ4n) is 4.02. The minimum atomic E-state index is -0.531. The lowest BCUT2D eigenvalue weighted by molar-refractivity contribution is 0.125. The number of hydrazine groups is 2. The molecule has 6 rings (SSSR count). The Bertz CT molecular complexity index is 1330. The van der Waals surface area contributed by atoms with Crippen LogP contribution in [0.5, 0.6) is 0 Å². The molecule has 0 radical (unpaired) electrons. The van der Waals surface area contributed by atoms with Crippen molar-refractivity contribution in [2.45, 2.75) is 18.7 Å². The number of anilines is 5. The molecule has 2 atom stereocenters. The third-order valence-electron chi connectivity index (χ3n) is 5.75. The second-order valence-electron chi connectivity index (χ2n) is 8.19. The van der Waals surface area contributed by atoms with Gasteiger partial charge in [-0.15, -0.1) is 5.53 Å². The van der Waals surface area contributed by atoms with Crippen molar-refractivity contribution in [3.63, 3.8) is 0 Å². The zero-order chi connectivity index (χ0) is 22.9. The van der Waals surface area contributed by atoms with E-state index in [1.807, 2.05) is 35.3 Å². The van der Waals surface area contributed by atoms with Crippen LogP contribution >= 0.6 is 0 Å². The van der Waals surface area contributed by atoms with Gasteiger partial charge in [0.25, 0.3) is 0 Å². The Morgan fingerprint density at radius 1 is 1.06 bits per heavy atom. The molecule has 172 valence electrons. The Hall–Kier alpha value is -4.06. The molecule has 0 spiro atoms. The summed E-state index contributed by atoms with van der Waals surface area (Å²) in [6.07, 6.45) is 4.60. The molecule has 0 amide bonds. The van der Waals surface area contributed by atoms with Gasteiger partial charge < -0.3 is 20.5 Å². The van der Waals surface area contributed by atoms with Crippen molar-refractivity contribution in [1.29, 1.82) is 0 Å². The van der Waals surface area contributed by atoms with Crippen LogP contribution in [0.2, 0.25) is 0 Å². The highest BCUT2D eigenvalue weighted by Gasteiger charge is 2.26. The van der Waals surface area contributed by atoms with Crippen molar-refractivity contribution in [2.24, 2.45) is 0 Å². The first-order chi connectivity index (χ1) is 16.7. The molecule has 0 aliphatic carbocycles. The van der Waals surface area contributed by atoms with Crippen LogP contribution in [-0.2, 0) is 11.3 Å². The molecule has 2 aliphatic rings. The summed E-state index contributed by atoms with van der Waals surface area (Å²) in [5.41, 5.74) is 9.08. The van der Waals surface area contributed by atoms with Crippen LogP contribution in [-0.4, -0.2) is 50.4 Å². The predicted molar refractivity (Wildman–Crippen MR) is 128 cm³/mol. The van der Waals surface area contributed by atoms with Gasteiger partial charge in [0.2, 0.25) is 0 Å². The maximum absolute atomic E-state index is 9.97. The molecular formula is C23H23N9O2. The van der Waals surface area contributed by atoms with Crippen LogP contribution in [0.25, 0.3) is 10.9 Å². The molecule has 1 saturated heterocycles. The average molecular weight is 457 g/mol. The number of pyridine rings is 2. The molecule has 1 fully saturated rings. The van der Waals surface area contributed by atoms with E-state index in [1.165, 1.54) is 0 Å². The number of fused-ring (bicyclic) bond motifs is 2. The largest absolute Gasteiger partial charge is 0.388 e. The highest BCUT2D eigenvalue weighted by Crippen LogP contribution is 2.28. The summed E-state index contributed by atoms with van der Waals surface area (Å²) in [6.45, 7) is 1.39. The van der Waals surface area contributed by atoms with Gasteiger partial charge in [-0.3, -0.25) is 15.4 Å². The number of ether oxygens (including phenoxy) is 1. The summed E-state index contributed by atoms with van der Waals surface area (Å²) in [5.74, 6) is 2.49. The fraction of sp³-hybridized carbons (Fsp3) is 0.217. The summed E-state index contributed by atoms with van der Waals surface area (Å²) in [7, 11) is 0. The Kier molecular flexibility index (Phi) is 5.26. The summed E-state index contributed by atoms with van der Waals surface area (Å²) >= 11 is 0. The average Bonchev–Trinajstić information content (AvgIpc) is 3.45. The number of hydrogen-bond acceptors (Lipinski definition) is 11. The molecule has 11 heteroatoms. The topological polar surface area (TPSA) is 132 Å². The zero-order valence-electron chi connectivity index (χ0n) is 18.1. The van der Waals surface area contributed by atoms with Gasteiger partial charge >= 0.3 is 0 Å². The van der Waals surface area contributed by atoms with Crippen molar-refractivity contribution in [1.82, 2.24) is 25.5 Å². The number of nitrogens with one attached hydrogen (secondary N) is 4. The van der Waals surface area contributed by atoms with Gasteiger partial charge in [-0.2, -0.15) is 0 Å². The number of nitrogens with zero attached hydrogens (tertiary/aromatic N) is 5. The van der Waals surface area contributed by atoms with E-state index in [9.17, 15) is 5.11 Å². The lowest BCUT2D eigenvalue weighted by Gasteiger charge is -2.18. The van der Waals surface area contributed by atoms with Crippen LogP contribution in [0.3, 0.4) is 0 Å². The first-order valence-corrected chi connectivity index (χ1v) is 11.0. The van der Waals surface area contributed by atoms with Crippen LogP contribution in [0.4, 0.5) is 29.0 Å². The standard InChI is InChI=1S/C23H23N9O2/c33-19-13-34-12-18(19)27-16-5-7-25-20(9-16)28-21-10-26-22-23(29-21)32(31-30-22)11-14-3-4-17-15(8-14)2-1-6-24-17/h1-10,18-19,31,33H,11-13H2,(H,26,30)(H2,25,27,28,29). The van der Waals surface area contributed by atoms with E-state index in [0.29, 0.717) is 43.0 Å². The van der Waals surface area contributed by atoms with Crippen molar-refractivity contribution in [3.8, 4) is 0 Å². The minimum absolute atomic E-state index is 0.147. The monoisotopic (exact) mass is 457 g/mol. The lowest BCUT2D eigenvalue weighted by Crippen LogP contribution is -2.35. The zero-order valence-corrected chi connectivity index (χ0v) is 18.1.